The molecule has 120 valence electrons. The molecule has 2 rings (SSSR count). The molecule has 4 heteroatoms. The van der Waals surface area contributed by atoms with Crippen LogP contribution in [0.15, 0.2) is 40.6 Å². The molecule has 0 spiro atoms. The number of aryl methyl sites for hydroxylation is 1. The van der Waals surface area contributed by atoms with E-state index in [2.05, 4.69) is 43.3 Å². The van der Waals surface area contributed by atoms with Gasteiger partial charge in [0, 0.05) is 29.4 Å². The summed E-state index contributed by atoms with van der Waals surface area (Å²) in [6.45, 7) is 7.53. The summed E-state index contributed by atoms with van der Waals surface area (Å²) in [6.07, 6.45) is 0.805. The lowest BCUT2D eigenvalue weighted by Gasteiger charge is -2.17. The lowest BCUT2D eigenvalue weighted by atomic mass is 10.2. The largest absolute Gasteiger partial charge is 0.349 e. The van der Waals surface area contributed by atoms with Crippen molar-refractivity contribution in [2.45, 2.75) is 43.4 Å². The van der Waals surface area contributed by atoms with Crippen LogP contribution in [0.25, 0.3) is 0 Å². The van der Waals surface area contributed by atoms with Gasteiger partial charge in [0.15, 0.2) is 6.29 Å². The van der Waals surface area contributed by atoms with Gasteiger partial charge >= 0.3 is 0 Å². The van der Waals surface area contributed by atoms with Crippen LogP contribution in [0, 0.1) is 0 Å². The van der Waals surface area contributed by atoms with Crippen LogP contribution in [0.4, 0.5) is 0 Å². The second kappa shape index (κ2) is 9.36. The fourth-order valence-corrected chi connectivity index (χ4v) is 4.53. The van der Waals surface area contributed by atoms with Crippen molar-refractivity contribution < 1.29 is 9.47 Å². The van der Waals surface area contributed by atoms with Crippen LogP contribution in [-0.2, 0) is 21.6 Å². The summed E-state index contributed by atoms with van der Waals surface area (Å²) < 4.78 is 12.9. The molecule has 2 nitrogen and oxygen atoms in total. The predicted molar refractivity (Wildman–Crippen MR) is 95.7 cm³/mol. The van der Waals surface area contributed by atoms with Gasteiger partial charge in [0.2, 0.25) is 0 Å². The van der Waals surface area contributed by atoms with Gasteiger partial charge in [-0.1, -0.05) is 37.3 Å². The number of hydrogen-bond donors (Lipinski definition) is 0. The van der Waals surface area contributed by atoms with E-state index in [0.717, 1.165) is 12.2 Å². The van der Waals surface area contributed by atoms with Crippen LogP contribution in [0.3, 0.4) is 0 Å². The number of thioether (sulfide) groups is 1. The van der Waals surface area contributed by atoms with Gasteiger partial charge in [-0.25, -0.2) is 0 Å². The molecule has 0 unspecified atom stereocenters. The molecule has 0 aliphatic carbocycles. The number of rotatable bonds is 9. The Morgan fingerprint density at radius 3 is 2.32 bits per heavy atom. The number of benzene rings is 1. The summed E-state index contributed by atoms with van der Waals surface area (Å²) in [5.41, 5.74) is 2.53. The molecule has 0 amide bonds. The minimum atomic E-state index is -0.246. The first-order chi connectivity index (χ1) is 10.8. The van der Waals surface area contributed by atoms with Crippen LogP contribution < -0.4 is 0 Å². The van der Waals surface area contributed by atoms with Crippen LogP contribution in [-0.4, -0.2) is 13.2 Å². The molecule has 0 bridgehead atoms. The highest BCUT2D eigenvalue weighted by molar-refractivity contribution is 8.00. The van der Waals surface area contributed by atoms with Crippen LogP contribution >= 0.6 is 23.1 Å². The van der Waals surface area contributed by atoms with Gasteiger partial charge in [0.1, 0.15) is 0 Å². The molecule has 1 aromatic carbocycles. The quantitative estimate of drug-likeness (QED) is 0.434. The highest BCUT2D eigenvalue weighted by Gasteiger charge is 2.19. The first-order valence-electron chi connectivity index (χ1n) is 7.80. The molecule has 0 aliphatic heterocycles. The van der Waals surface area contributed by atoms with Crippen molar-refractivity contribution in [3.8, 4) is 0 Å². The fraction of sp³-hybridized carbons (Fsp3) is 0.444. The molecule has 0 saturated heterocycles. The Bertz CT molecular complexity index is 545. The molecule has 1 heterocycles. The van der Waals surface area contributed by atoms with E-state index in [9.17, 15) is 0 Å². The van der Waals surface area contributed by atoms with Gasteiger partial charge in [0.05, 0.1) is 4.21 Å². The maximum atomic E-state index is 5.79. The van der Waals surface area contributed by atoms with Gasteiger partial charge in [-0.05, 0) is 31.9 Å². The average molecular weight is 337 g/mol. The minimum Gasteiger partial charge on any atom is -0.349 e. The highest BCUT2D eigenvalue weighted by Crippen LogP contribution is 2.39. The van der Waals surface area contributed by atoms with Crippen molar-refractivity contribution in [1.29, 1.82) is 0 Å². The Labute approximate surface area is 141 Å². The molecule has 2 aromatic rings. The zero-order chi connectivity index (χ0) is 15.8. The molecule has 0 N–H and O–H groups in total. The summed E-state index contributed by atoms with van der Waals surface area (Å²) in [7, 11) is 0. The zero-order valence-electron chi connectivity index (χ0n) is 13.5. The molecule has 0 fully saturated rings. The van der Waals surface area contributed by atoms with Gasteiger partial charge in [-0.3, -0.25) is 0 Å². The van der Waals surface area contributed by atoms with Crippen molar-refractivity contribution in [3.63, 3.8) is 0 Å². The van der Waals surface area contributed by atoms with E-state index in [0.29, 0.717) is 13.2 Å². The van der Waals surface area contributed by atoms with E-state index in [1.807, 2.05) is 36.9 Å². The summed E-state index contributed by atoms with van der Waals surface area (Å²) in [5.74, 6) is 0.975. The maximum absolute atomic E-state index is 5.79. The smallest absolute Gasteiger partial charge is 0.185 e. The summed E-state index contributed by atoms with van der Waals surface area (Å²) in [5, 5.41) is 0. The zero-order valence-corrected chi connectivity index (χ0v) is 15.1. The second-order valence-corrected chi connectivity index (χ2v) is 7.21. The molecule has 0 saturated carbocycles. The number of hydrogen-bond acceptors (Lipinski definition) is 4. The Morgan fingerprint density at radius 1 is 1.05 bits per heavy atom. The Morgan fingerprint density at radius 2 is 1.73 bits per heavy atom. The molecule has 22 heavy (non-hydrogen) atoms. The monoisotopic (exact) mass is 336 g/mol. The van der Waals surface area contributed by atoms with Crippen LogP contribution in [0.5, 0.6) is 0 Å². The molecular formula is C18H24O2S2. The summed E-state index contributed by atoms with van der Waals surface area (Å²) in [6, 6.07) is 12.8. The SMILES string of the molecule is CCOC(OCC)c1cc(CC)sc1SCc1ccccc1. The Kier molecular flexibility index (Phi) is 7.46. The normalized spacial score (nSPS) is 11.3. The topological polar surface area (TPSA) is 18.5 Å². The van der Waals surface area contributed by atoms with Crippen molar-refractivity contribution in [2.75, 3.05) is 13.2 Å². The lowest BCUT2D eigenvalue weighted by molar-refractivity contribution is -0.141. The third kappa shape index (κ3) is 4.85. The van der Waals surface area contributed by atoms with E-state index in [4.69, 9.17) is 9.47 Å². The minimum absolute atomic E-state index is 0.246. The molecule has 0 radical (unpaired) electrons. The van der Waals surface area contributed by atoms with Crippen molar-refractivity contribution in [2.24, 2.45) is 0 Å². The van der Waals surface area contributed by atoms with Gasteiger partial charge in [0.25, 0.3) is 0 Å². The lowest BCUT2D eigenvalue weighted by Crippen LogP contribution is -2.08. The van der Waals surface area contributed by atoms with E-state index in [1.54, 1.807) is 0 Å². The molecule has 0 aliphatic rings. The van der Waals surface area contributed by atoms with Gasteiger partial charge in [-0.2, -0.15) is 0 Å². The standard InChI is InChI=1S/C18H24O2S2/c1-4-15-12-16(17(19-5-2)20-6-3)18(22-15)21-13-14-10-8-7-9-11-14/h7-12,17H,4-6,13H2,1-3H3. The highest BCUT2D eigenvalue weighted by atomic mass is 32.2. The summed E-state index contributed by atoms with van der Waals surface area (Å²) >= 11 is 3.74. The van der Waals surface area contributed by atoms with E-state index in [1.165, 1.54) is 20.2 Å². The summed E-state index contributed by atoms with van der Waals surface area (Å²) in [4.78, 5) is 1.38. The maximum Gasteiger partial charge on any atom is 0.185 e. The van der Waals surface area contributed by atoms with Gasteiger partial charge in [-0.15, -0.1) is 23.1 Å². The average Bonchev–Trinajstić information content (AvgIpc) is 2.97. The van der Waals surface area contributed by atoms with Crippen molar-refractivity contribution in [3.05, 3.63) is 52.4 Å². The van der Waals surface area contributed by atoms with Gasteiger partial charge < -0.3 is 9.47 Å². The molecule has 0 atom stereocenters. The predicted octanol–water partition coefficient (Wildman–Crippen LogP) is 5.67. The third-order valence-corrected chi connectivity index (χ3v) is 5.90. The van der Waals surface area contributed by atoms with E-state index >= 15 is 0 Å². The van der Waals surface area contributed by atoms with Crippen LogP contribution in [0.1, 0.15) is 43.1 Å². The molecule has 1 aromatic heterocycles. The van der Waals surface area contributed by atoms with Crippen LogP contribution in [0.2, 0.25) is 0 Å². The Balaban J connectivity index is 2.16. The first kappa shape index (κ1) is 17.5. The fourth-order valence-electron chi connectivity index (χ4n) is 2.14. The molecular weight excluding hydrogens is 312 g/mol. The number of thiophene rings is 1. The van der Waals surface area contributed by atoms with E-state index < -0.39 is 0 Å². The van der Waals surface area contributed by atoms with Crippen molar-refractivity contribution in [1.82, 2.24) is 0 Å². The van der Waals surface area contributed by atoms with Crippen molar-refractivity contribution >= 4 is 23.1 Å². The first-order valence-corrected chi connectivity index (χ1v) is 9.61. The Hall–Kier alpha value is -0.810. The second-order valence-electron chi connectivity index (χ2n) is 4.83. The third-order valence-electron chi connectivity index (χ3n) is 3.23. The number of ether oxygens (including phenoxy) is 2. The van der Waals surface area contributed by atoms with E-state index in [-0.39, 0.29) is 6.29 Å².